The van der Waals surface area contributed by atoms with Gasteiger partial charge in [-0.25, -0.2) is 9.59 Å². The monoisotopic (exact) mass is 794 g/mol. The van der Waals surface area contributed by atoms with Gasteiger partial charge in [0.05, 0.1) is 33.4 Å². The van der Waals surface area contributed by atoms with E-state index in [4.69, 9.17) is 0 Å². The number of aromatic carboxylic acids is 2. The van der Waals surface area contributed by atoms with Crippen molar-refractivity contribution in [1.82, 2.24) is 5.32 Å². The van der Waals surface area contributed by atoms with Gasteiger partial charge in [-0.2, -0.15) is 52.7 Å². The molecule has 4 aromatic carbocycles. The topological polar surface area (TPSA) is 133 Å². The summed E-state index contributed by atoms with van der Waals surface area (Å²) in [5, 5.41) is 22.7. The van der Waals surface area contributed by atoms with Crippen LogP contribution >= 0.6 is 0 Å². The number of aryl methyl sites for hydroxylation is 1. The molecule has 4 rings (SSSR count). The molecule has 0 heterocycles. The Morgan fingerprint density at radius 1 is 0.527 bits per heavy atom. The van der Waals surface area contributed by atoms with Crippen molar-refractivity contribution >= 4 is 29.4 Å². The molecule has 0 aliphatic rings. The van der Waals surface area contributed by atoms with Crippen molar-refractivity contribution in [3.63, 3.8) is 0 Å². The van der Waals surface area contributed by atoms with E-state index in [9.17, 15) is 82.1 Å². The SMILES string of the molecule is CNC(=O)c1cc(C(c2ccc(C(=O)O)c(C(=O)Nc3ccc(-c4ccc(C)cc4C(F)(F)F)c(C(F)(F)F)c3)c2)(C(F)(F)F)C(F)(F)F)ccc1C(=O)O. The van der Waals surface area contributed by atoms with Gasteiger partial charge in [0.15, 0.2) is 0 Å². The van der Waals surface area contributed by atoms with Crippen molar-refractivity contribution in [2.45, 2.75) is 37.0 Å². The van der Waals surface area contributed by atoms with E-state index < -0.39 is 115 Å². The van der Waals surface area contributed by atoms with Crippen molar-refractivity contribution < 1.29 is 82.1 Å². The lowest BCUT2D eigenvalue weighted by molar-refractivity contribution is -0.288. The number of alkyl halides is 12. The van der Waals surface area contributed by atoms with Crippen LogP contribution in [0.15, 0.2) is 72.8 Å². The number of carbonyl (C=O) groups is 4. The molecule has 292 valence electrons. The lowest BCUT2D eigenvalue weighted by Crippen LogP contribution is -2.55. The number of benzene rings is 4. The van der Waals surface area contributed by atoms with Crippen molar-refractivity contribution in [3.8, 4) is 11.1 Å². The van der Waals surface area contributed by atoms with Gasteiger partial charge in [-0.15, -0.1) is 0 Å². The van der Waals surface area contributed by atoms with Crippen LogP contribution in [-0.4, -0.2) is 53.4 Å². The van der Waals surface area contributed by atoms with E-state index in [1.807, 2.05) is 5.32 Å². The molecule has 20 heteroatoms. The molecular weight excluding hydrogens is 772 g/mol. The Morgan fingerprint density at radius 2 is 0.945 bits per heavy atom. The molecule has 0 aromatic heterocycles. The number of hydrogen-bond donors (Lipinski definition) is 4. The summed E-state index contributed by atoms with van der Waals surface area (Å²) in [5.41, 5.74) is -19.8. The van der Waals surface area contributed by atoms with Gasteiger partial charge >= 0.3 is 36.6 Å². The molecule has 0 unspecified atom stereocenters. The Kier molecular flexibility index (Phi) is 10.8. The van der Waals surface area contributed by atoms with E-state index in [0.717, 1.165) is 19.2 Å². The zero-order valence-electron chi connectivity index (χ0n) is 27.5. The molecule has 0 saturated heterocycles. The Labute approximate surface area is 300 Å². The molecule has 0 radical (unpaired) electrons. The fraction of sp³-hybridized carbons (Fsp3) is 0.200. The number of carbonyl (C=O) groups excluding carboxylic acids is 2. The fourth-order valence-corrected chi connectivity index (χ4v) is 5.84. The first-order valence-electron chi connectivity index (χ1n) is 15.0. The zero-order chi connectivity index (χ0) is 41.6. The highest BCUT2D eigenvalue weighted by atomic mass is 19.4. The molecule has 0 aliphatic carbocycles. The summed E-state index contributed by atoms with van der Waals surface area (Å²) in [4.78, 5) is 49.4. The van der Waals surface area contributed by atoms with Gasteiger partial charge in [-0.05, 0) is 71.6 Å². The molecule has 0 atom stereocenters. The summed E-state index contributed by atoms with van der Waals surface area (Å²) >= 11 is 0. The predicted molar refractivity (Wildman–Crippen MR) is 168 cm³/mol. The van der Waals surface area contributed by atoms with Gasteiger partial charge in [0, 0.05) is 12.7 Å². The van der Waals surface area contributed by atoms with Gasteiger partial charge in [0.25, 0.3) is 11.8 Å². The molecule has 0 spiro atoms. The minimum atomic E-state index is -6.43. The molecule has 8 nitrogen and oxygen atoms in total. The van der Waals surface area contributed by atoms with E-state index in [1.54, 1.807) is 5.32 Å². The molecule has 0 fully saturated rings. The molecule has 4 aromatic rings. The molecule has 4 N–H and O–H groups in total. The van der Waals surface area contributed by atoms with Crippen LogP contribution in [0, 0.1) is 6.92 Å². The first-order chi connectivity index (χ1) is 25.2. The molecule has 0 aliphatic heterocycles. The third kappa shape index (κ3) is 7.79. The van der Waals surface area contributed by atoms with Crippen LogP contribution in [0.1, 0.15) is 69.2 Å². The van der Waals surface area contributed by atoms with Gasteiger partial charge in [0.2, 0.25) is 5.41 Å². The van der Waals surface area contributed by atoms with E-state index in [-0.39, 0.29) is 48.0 Å². The van der Waals surface area contributed by atoms with Crippen LogP contribution in [0.2, 0.25) is 0 Å². The maximum absolute atomic E-state index is 15.0. The van der Waals surface area contributed by atoms with Crippen molar-refractivity contribution in [1.29, 1.82) is 0 Å². The van der Waals surface area contributed by atoms with Crippen LogP contribution in [-0.2, 0) is 17.8 Å². The number of halogens is 12. The smallest absolute Gasteiger partial charge is 0.417 e. The number of amides is 2. The van der Waals surface area contributed by atoms with Crippen LogP contribution in [0.5, 0.6) is 0 Å². The maximum Gasteiger partial charge on any atom is 0.417 e. The first-order valence-corrected chi connectivity index (χ1v) is 15.0. The average molecular weight is 795 g/mol. The second-order valence-electron chi connectivity index (χ2n) is 11.7. The number of carboxylic acid groups (broad SMARTS) is 2. The zero-order valence-corrected chi connectivity index (χ0v) is 27.5. The van der Waals surface area contributed by atoms with E-state index in [2.05, 4.69) is 0 Å². The van der Waals surface area contributed by atoms with Gasteiger partial charge < -0.3 is 20.8 Å². The molecule has 0 bridgehead atoms. The summed E-state index contributed by atoms with van der Waals surface area (Å²) in [6.07, 6.45) is -23.4. The van der Waals surface area contributed by atoms with Gasteiger partial charge in [0.1, 0.15) is 0 Å². The minimum Gasteiger partial charge on any atom is -0.478 e. The highest BCUT2D eigenvalue weighted by molar-refractivity contribution is 6.11. The highest BCUT2D eigenvalue weighted by Crippen LogP contribution is 2.56. The fourth-order valence-electron chi connectivity index (χ4n) is 5.84. The van der Waals surface area contributed by atoms with Crippen molar-refractivity contribution in [3.05, 3.63) is 123 Å². The molecule has 2 amide bonds. The number of carboxylic acids is 2. The van der Waals surface area contributed by atoms with Crippen molar-refractivity contribution in [2.75, 3.05) is 12.4 Å². The second kappa shape index (κ2) is 14.3. The van der Waals surface area contributed by atoms with Crippen LogP contribution in [0.4, 0.5) is 58.4 Å². The van der Waals surface area contributed by atoms with Crippen LogP contribution in [0.3, 0.4) is 0 Å². The predicted octanol–water partition coefficient (Wildman–Crippen LogP) is 9.12. The Hall–Kier alpha value is -6.08. The summed E-state index contributed by atoms with van der Waals surface area (Å²) in [6.45, 7) is 1.24. The molecular formula is C35H22F12N2O6. The van der Waals surface area contributed by atoms with E-state index in [1.165, 1.54) is 6.92 Å². The minimum absolute atomic E-state index is 0.00735. The molecule has 55 heavy (non-hydrogen) atoms. The summed E-state index contributed by atoms with van der Waals surface area (Å²) in [6, 6.07) is 4.12. The van der Waals surface area contributed by atoms with E-state index >= 15 is 0 Å². The second-order valence-corrected chi connectivity index (χ2v) is 11.7. The Bertz CT molecular complexity index is 2190. The third-order valence-corrected chi connectivity index (χ3v) is 8.29. The standard InChI is InChI=1S/C35H22F12N2O6/c1-15-3-7-19(25(11-15)32(36,37)38)20-10-6-18(14-26(20)33(39,40)41)49-28(51)24-13-17(5-9-22(24)30(54)55)31(34(42,43)44,35(45,46)47)16-4-8-21(29(52)53)23(12-16)27(50)48-2/h3-14H,1-2H3,(H,48,50)(H,49,51)(H,52,53)(H,54,55). The van der Waals surface area contributed by atoms with Crippen LogP contribution in [0.25, 0.3) is 11.1 Å². The normalized spacial score (nSPS) is 12.6. The number of nitrogens with one attached hydrogen (secondary N) is 2. The molecule has 0 saturated carbocycles. The number of anilines is 1. The van der Waals surface area contributed by atoms with Crippen molar-refractivity contribution in [2.24, 2.45) is 0 Å². The Balaban J connectivity index is 1.96. The summed E-state index contributed by atoms with van der Waals surface area (Å²) in [7, 11) is 0.893. The quantitative estimate of drug-likeness (QED) is 0.132. The first kappa shape index (κ1) is 41.7. The van der Waals surface area contributed by atoms with E-state index in [0.29, 0.717) is 18.2 Å². The average Bonchev–Trinajstić information content (AvgIpc) is 3.05. The maximum atomic E-state index is 15.0. The number of rotatable bonds is 8. The van der Waals surface area contributed by atoms with Gasteiger partial charge in [-0.3, -0.25) is 9.59 Å². The largest absolute Gasteiger partial charge is 0.478 e. The van der Waals surface area contributed by atoms with Gasteiger partial charge in [-0.1, -0.05) is 35.9 Å². The van der Waals surface area contributed by atoms with Crippen LogP contribution < -0.4 is 10.6 Å². The highest BCUT2D eigenvalue weighted by Gasteiger charge is 2.72. The summed E-state index contributed by atoms with van der Waals surface area (Å²) in [5.74, 6) is -7.29. The summed E-state index contributed by atoms with van der Waals surface area (Å²) < 4.78 is 174. The lowest BCUT2D eigenvalue weighted by Gasteiger charge is -2.38. The lowest BCUT2D eigenvalue weighted by atomic mass is 9.71. The number of hydrogen-bond acceptors (Lipinski definition) is 4. The Morgan fingerprint density at radius 3 is 1.35 bits per heavy atom. The third-order valence-electron chi connectivity index (χ3n) is 8.29.